The van der Waals surface area contributed by atoms with Crippen LogP contribution in [0.1, 0.15) is 57.2 Å². The Morgan fingerprint density at radius 2 is 1.65 bits per heavy atom. The van der Waals surface area contributed by atoms with E-state index in [9.17, 15) is 4.79 Å². The number of carbonyl (C=O) groups is 1. The molecule has 3 aliphatic heterocycles. The van der Waals surface area contributed by atoms with Gasteiger partial charge in [-0.2, -0.15) is 0 Å². The second kappa shape index (κ2) is 10.3. The Morgan fingerprint density at radius 1 is 0.925 bits per heavy atom. The largest absolute Gasteiger partial charge is 0.492 e. The van der Waals surface area contributed by atoms with Crippen LogP contribution in [0.5, 0.6) is 23.0 Å². The van der Waals surface area contributed by atoms with E-state index < -0.39 is 11.0 Å². The maximum absolute atomic E-state index is 12.6. The van der Waals surface area contributed by atoms with Gasteiger partial charge in [-0.15, -0.1) is 0 Å². The van der Waals surface area contributed by atoms with E-state index in [0.29, 0.717) is 24.7 Å². The third kappa shape index (κ3) is 4.97. The van der Waals surface area contributed by atoms with Gasteiger partial charge in [-0.3, -0.25) is 9.69 Å². The van der Waals surface area contributed by atoms with Crippen LogP contribution >= 0.6 is 0 Å². The predicted octanol–water partition coefficient (Wildman–Crippen LogP) is 6.72. The summed E-state index contributed by atoms with van der Waals surface area (Å²) in [4.78, 5) is 15.0. The van der Waals surface area contributed by atoms with Crippen LogP contribution in [0.25, 0.3) is 11.1 Å². The topological polar surface area (TPSA) is 57.2 Å². The molecule has 3 aromatic rings. The average molecular weight is 540 g/mol. The van der Waals surface area contributed by atoms with Crippen molar-refractivity contribution in [2.45, 2.75) is 46.1 Å². The number of ether oxygens (including phenoxy) is 4. The number of esters is 1. The molecule has 0 bridgehead atoms. The van der Waals surface area contributed by atoms with Gasteiger partial charge < -0.3 is 18.9 Å². The number of hydrogen-bond donors (Lipinski definition) is 0. The van der Waals surface area contributed by atoms with E-state index in [2.05, 4.69) is 30.0 Å². The van der Waals surface area contributed by atoms with Crippen LogP contribution in [-0.4, -0.2) is 43.7 Å². The smallest absolute Gasteiger partial charge is 0.316 e. The molecule has 0 saturated carbocycles. The Kier molecular flexibility index (Phi) is 6.83. The first-order chi connectivity index (χ1) is 19.2. The molecule has 1 atom stereocenters. The first-order valence-corrected chi connectivity index (χ1v) is 14.2. The number of carbonyl (C=O) groups excluding carboxylic acids is 1. The summed E-state index contributed by atoms with van der Waals surface area (Å²) >= 11 is 0. The summed E-state index contributed by atoms with van der Waals surface area (Å²) in [6.07, 6.45) is 2.56. The van der Waals surface area contributed by atoms with Crippen LogP contribution in [0, 0.1) is 5.41 Å². The standard InChI is InChI=1S/C34H37NO5/c1-33(2,3)32(36)39-25-15-16-26-28-22-38-29-10-6-5-9-27(29)31(28)34(4,40-30(26)21-25)23-11-13-24(14-12-23)37-20-19-35-17-7-8-18-35/h5-6,9-16,21H,7-8,17-20,22H2,1-4H3. The molecule has 6 nitrogen and oxygen atoms in total. The highest BCUT2D eigenvalue weighted by Crippen LogP contribution is 2.54. The van der Waals surface area contributed by atoms with Gasteiger partial charge in [-0.05, 0) is 89.5 Å². The van der Waals surface area contributed by atoms with Crippen LogP contribution in [0.3, 0.4) is 0 Å². The highest BCUT2D eigenvalue weighted by molar-refractivity contribution is 6.01. The zero-order valence-corrected chi connectivity index (χ0v) is 23.8. The molecular weight excluding hydrogens is 502 g/mol. The molecule has 3 aromatic carbocycles. The van der Waals surface area contributed by atoms with Gasteiger partial charge >= 0.3 is 5.97 Å². The molecule has 208 valence electrons. The Balaban J connectivity index is 1.35. The Labute approximate surface area is 236 Å². The molecule has 3 aliphatic rings. The molecule has 1 unspecified atom stereocenters. The normalized spacial score (nSPS) is 20.1. The van der Waals surface area contributed by atoms with Crippen LogP contribution in [0.2, 0.25) is 0 Å². The first-order valence-electron chi connectivity index (χ1n) is 14.2. The van der Waals surface area contributed by atoms with Gasteiger partial charge in [0.15, 0.2) is 5.60 Å². The van der Waals surface area contributed by atoms with Crippen molar-refractivity contribution >= 4 is 17.1 Å². The van der Waals surface area contributed by atoms with E-state index in [0.717, 1.165) is 45.9 Å². The molecule has 40 heavy (non-hydrogen) atoms. The second-order valence-electron chi connectivity index (χ2n) is 12.0. The van der Waals surface area contributed by atoms with Crippen molar-refractivity contribution in [1.29, 1.82) is 0 Å². The summed E-state index contributed by atoms with van der Waals surface area (Å²) in [5.74, 6) is 2.53. The van der Waals surface area contributed by atoms with E-state index >= 15 is 0 Å². The van der Waals surface area contributed by atoms with E-state index in [1.165, 1.54) is 25.9 Å². The maximum Gasteiger partial charge on any atom is 0.316 e. The summed E-state index contributed by atoms with van der Waals surface area (Å²) in [5, 5.41) is 0. The van der Waals surface area contributed by atoms with Gasteiger partial charge in [-0.1, -0.05) is 30.3 Å². The summed E-state index contributed by atoms with van der Waals surface area (Å²) in [6, 6.07) is 21.9. The number of likely N-dealkylation sites (tertiary alicyclic amines) is 1. The quantitative estimate of drug-likeness (QED) is 0.256. The first kappa shape index (κ1) is 26.5. The minimum Gasteiger partial charge on any atom is -0.492 e. The van der Waals surface area contributed by atoms with Crippen molar-refractivity contribution in [3.05, 3.63) is 83.4 Å². The van der Waals surface area contributed by atoms with Crippen LogP contribution in [0.4, 0.5) is 0 Å². The van der Waals surface area contributed by atoms with Crippen LogP contribution in [-0.2, 0) is 10.4 Å². The lowest BCUT2D eigenvalue weighted by Gasteiger charge is -2.42. The fourth-order valence-electron chi connectivity index (χ4n) is 5.74. The van der Waals surface area contributed by atoms with Gasteiger partial charge in [0.25, 0.3) is 0 Å². The number of para-hydroxylation sites is 1. The number of nitrogens with zero attached hydrogens (tertiary/aromatic N) is 1. The monoisotopic (exact) mass is 539 g/mol. The van der Waals surface area contributed by atoms with E-state index in [1.54, 1.807) is 0 Å². The van der Waals surface area contributed by atoms with Gasteiger partial charge in [-0.25, -0.2) is 0 Å². The molecule has 0 radical (unpaired) electrons. The minimum atomic E-state index is -0.803. The summed E-state index contributed by atoms with van der Waals surface area (Å²) in [7, 11) is 0. The lowest BCUT2D eigenvalue weighted by Crippen LogP contribution is -2.37. The number of benzene rings is 3. The van der Waals surface area contributed by atoms with E-state index in [1.807, 2.05) is 69.3 Å². The van der Waals surface area contributed by atoms with Crippen molar-refractivity contribution < 1.29 is 23.7 Å². The lowest BCUT2D eigenvalue weighted by atomic mass is 9.76. The fraction of sp³-hybridized carbons (Fsp3) is 0.382. The molecule has 0 aliphatic carbocycles. The molecular formula is C34H37NO5. The molecule has 3 heterocycles. The Bertz CT molecular complexity index is 1450. The van der Waals surface area contributed by atoms with Crippen molar-refractivity contribution in [3.63, 3.8) is 0 Å². The van der Waals surface area contributed by atoms with E-state index in [4.69, 9.17) is 18.9 Å². The lowest BCUT2D eigenvalue weighted by molar-refractivity contribution is -0.143. The van der Waals surface area contributed by atoms with Gasteiger partial charge in [0.2, 0.25) is 0 Å². The SMILES string of the molecule is CC(C)(C)C(=O)Oc1ccc2c(c1)OC(C)(c1ccc(OCCN3CCCC3)cc1)C1=C2COc2ccccc21. The van der Waals surface area contributed by atoms with Crippen molar-refractivity contribution in [1.82, 2.24) is 4.90 Å². The Morgan fingerprint density at radius 3 is 2.40 bits per heavy atom. The Hall–Kier alpha value is -3.77. The third-order valence-electron chi connectivity index (χ3n) is 8.00. The van der Waals surface area contributed by atoms with Crippen molar-refractivity contribution in [2.24, 2.45) is 5.41 Å². The summed E-state index contributed by atoms with van der Waals surface area (Å²) in [6.45, 7) is 12.0. The van der Waals surface area contributed by atoms with Crippen LogP contribution in [0.15, 0.2) is 66.7 Å². The molecule has 1 saturated heterocycles. The fourth-order valence-corrected chi connectivity index (χ4v) is 5.74. The van der Waals surface area contributed by atoms with Crippen molar-refractivity contribution in [3.8, 4) is 23.0 Å². The van der Waals surface area contributed by atoms with E-state index in [-0.39, 0.29) is 5.97 Å². The zero-order valence-electron chi connectivity index (χ0n) is 23.8. The molecule has 6 heteroatoms. The maximum atomic E-state index is 12.6. The summed E-state index contributed by atoms with van der Waals surface area (Å²) < 4.78 is 24.9. The molecule has 6 rings (SSSR count). The highest BCUT2D eigenvalue weighted by atomic mass is 16.5. The number of hydrogen-bond acceptors (Lipinski definition) is 6. The number of rotatable bonds is 6. The number of fused-ring (bicyclic) bond motifs is 4. The van der Waals surface area contributed by atoms with Gasteiger partial charge in [0, 0.05) is 34.9 Å². The minimum absolute atomic E-state index is 0.291. The molecule has 0 aromatic heterocycles. The molecule has 1 fully saturated rings. The van der Waals surface area contributed by atoms with Gasteiger partial charge in [0.05, 0.1) is 5.41 Å². The molecule has 0 amide bonds. The summed E-state index contributed by atoms with van der Waals surface area (Å²) in [5.41, 5.74) is 3.71. The van der Waals surface area contributed by atoms with Crippen LogP contribution < -0.4 is 18.9 Å². The zero-order chi connectivity index (χ0) is 27.9. The van der Waals surface area contributed by atoms with Crippen molar-refractivity contribution in [2.75, 3.05) is 32.8 Å². The second-order valence-corrected chi connectivity index (χ2v) is 12.0. The predicted molar refractivity (Wildman–Crippen MR) is 156 cm³/mol. The third-order valence-corrected chi connectivity index (χ3v) is 8.00. The average Bonchev–Trinajstić information content (AvgIpc) is 3.46. The molecule has 0 N–H and O–H groups in total. The molecule has 0 spiro atoms. The highest BCUT2D eigenvalue weighted by Gasteiger charge is 2.44. The van der Waals surface area contributed by atoms with Gasteiger partial charge in [0.1, 0.15) is 36.2 Å².